The first-order chi connectivity index (χ1) is 11.5. The Kier molecular flexibility index (Phi) is 6.91. The molecule has 1 atom stereocenters. The summed E-state index contributed by atoms with van der Waals surface area (Å²) in [7, 11) is 0. The fraction of sp³-hybridized carbons (Fsp3) is 0.632. The van der Waals surface area contributed by atoms with E-state index in [2.05, 4.69) is 15.6 Å². The molecule has 5 heteroatoms. The number of hydrogen-bond donors (Lipinski definition) is 3. The van der Waals surface area contributed by atoms with Crippen molar-refractivity contribution in [2.75, 3.05) is 19.6 Å². The summed E-state index contributed by atoms with van der Waals surface area (Å²) in [6, 6.07) is 8.02. The van der Waals surface area contributed by atoms with Crippen LogP contribution in [0.5, 0.6) is 5.75 Å². The number of nitrogens with one attached hydrogen (secondary N) is 2. The molecule has 0 saturated heterocycles. The Morgan fingerprint density at radius 3 is 2.67 bits per heavy atom. The normalized spacial score (nSPS) is 18.2. The molecule has 0 spiro atoms. The van der Waals surface area contributed by atoms with Crippen molar-refractivity contribution in [3.05, 3.63) is 29.8 Å². The number of aryl methyl sites for hydroxylation is 1. The molecule has 1 aromatic carbocycles. The predicted molar refractivity (Wildman–Crippen MR) is 98.7 cm³/mol. The Morgan fingerprint density at radius 2 is 2.00 bits per heavy atom. The molecule has 5 nitrogen and oxygen atoms in total. The van der Waals surface area contributed by atoms with E-state index in [9.17, 15) is 5.11 Å². The molecule has 134 valence electrons. The maximum Gasteiger partial charge on any atom is 0.191 e. The van der Waals surface area contributed by atoms with Crippen LogP contribution in [0.2, 0.25) is 0 Å². The number of aliphatic imine (C=N–C) groups is 1. The molecule has 0 bridgehead atoms. The molecule has 3 N–H and O–H groups in total. The van der Waals surface area contributed by atoms with Crippen LogP contribution in [0, 0.1) is 6.92 Å². The van der Waals surface area contributed by atoms with Gasteiger partial charge in [-0.1, -0.05) is 31.0 Å². The number of guanidine groups is 1. The molecule has 1 aliphatic rings. The molecular weight excluding hydrogens is 302 g/mol. The van der Waals surface area contributed by atoms with Gasteiger partial charge in [-0.25, -0.2) is 0 Å². The van der Waals surface area contributed by atoms with Crippen molar-refractivity contribution in [3.63, 3.8) is 0 Å². The quantitative estimate of drug-likeness (QED) is 0.530. The van der Waals surface area contributed by atoms with Gasteiger partial charge in [0.05, 0.1) is 18.7 Å². The van der Waals surface area contributed by atoms with Gasteiger partial charge in [0.2, 0.25) is 0 Å². The molecular formula is C19H31N3O2. The first-order valence-electron chi connectivity index (χ1n) is 8.99. The molecule has 0 aromatic heterocycles. The lowest BCUT2D eigenvalue weighted by molar-refractivity contribution is 0.0574. The number of aliphatic hydroxyl groups is 1. The maximum absolute atomic E-state index is 10.4. The molecule has 0 radical (unpaired) electrons. The minimum atomic E-state index is -0.619. The van der Waals surface area contributed by atoms with Crippen molar-refractivity contribution in [1.29, 1.82) is 0 Å². The second kappa shape index (κ2) is 8.92. The molecule has 1 saturated carbocycles. The third kappa shape index (κ3) is 5.71. The highest BCUT2D eigenvalue weighted by Gasteiger charge is 2.30. The summed E-state index contributed by atoms with van der Waals surface area (Å²) in [5, 5.41) is 17.0. The van der Waals surface area contributed by atoms with Crippen LogP contribution in [-0.2, 0) is 0 Å². The molecule has 0 aliphatic heterocycles. The van der Waals surface area contributed by atoms with Crippen molar-refractivity contribution in [3.8, 4) is 5.75 Å². The fourth-order valence-electron chi connectivity index (χ4n) is 2.95. The Bertz CT molecular complexity index is 539. The number of benzene rings is 1. The van der Waals surface area contributed by atoms with Gasteiger partial charge >= 0.3 is 0 Å². The summed E-state index contributed by atoms with van der Waals surface area (Å²) in [4.78, 5) is 4.55. The zero-order valence-electron chi connectivity index (χ0n) is 15.1. The number of hydrogen-bond acceptors (Lipinski definition) is 3. The van der Waals surface area contributed by atoms with Crippen molar-refractivity contribution in [1.82, 2.24) is 10.6 Å². The van der Waals surface area contributed by atoms with Crippen LogP contribution in [-0.4, -0.2) is 42.4 Å². The number of ether oxygens (including phenoxy) is 1. The highest BCUT2D eigenvalue weighted by atomic mass is 16.5. The van der Waals surface area contributed by atoms with Gasteiger partial charge in [0.25, 0.3) is 0 Å². The van der Waals surface area contributed by atoms with Crippen molar-refractivity contribution in [2.45, 2.75) is 58.2 Å². The largest absolute Gasteiger partial charge is 0.489 e. The molecule has 1 unspecified atom stereocenters. The monoisotopic (exact) mass is 333 g/mol. The Hall–Kier alpha value is -1.75. The van der Waals surface area contributed by atoms with E-state index in [4.69, 9.17) is 4.74 Å². The van der Waals surface area contributed by atoms with Crippen LogP contribution in [0.1, 0.15) is 45.1 Å². The van der Waals surface area contributed by atoms with Gasteiger partial charge in [-0.3, -0.25) is 4.99 Å². The summed E-state index contributed by atoms with van der Waals surface area (Å²) >= 11 is 0. The van der Waals surface area contributed by atoms with Gasteiger partial charge in [-0.2, -0.15) is 0 Å². The zero-order chi connectivity index (χ0) is 17.4. The zero-order valence-corrected chi connectivity index (χ0v) is 15.1. The van der Waals surface area contributed by atoms with Crippen LogP contribution >= 0.6 is 0 Å². The van der Waals surface area contributed by atoms with E-state index in [0.29, 0.717) is 13.1 Å². The summed E-state index contributed by atoms with van der Waals surface area (Å²) in [5.74, 6) is 1.65. The average Bonchev–Trinajstić information content (AvgIpc) is 2.99. The Labute approximate surface area is 145 Å². The molecule has 0 heterocycles. The van der Waals surface area contributed by atoms with Gasteiger partial charge in [0.1, 0.15) is 11.9 Å². The number of rotatable bonds is 7. The van der Waals surface area contributed by atoms with E-state index >= 15 is 0 Å². The predicted octanol–water partition coefficient (Wildman–Crippen LogP) is 2.62. The van der Waals surface area contributed by atoms with E-state index in [1.807, 2.05) is 45.0 Å². The molecule has 1 fully saturated rings. The average molecular weight is 333 g/mol. The van der Waals surface area contributed by atoms with Crippen LogP contribution in [0.15, 0.2) is 29.3 Å². The Balaban J connectivity index is 1.85. The lowest BCUT2D eigenvalue weighted by Gasteiger charge is -2.22. The summed E-state index contributed by atoms with van der Waals surface area (Å²) in [5.41, 5.74) is 0.513. The second-order valence-corrected chi connectivity index (χ2v) is 6.70. The van der Waals surface area contributed by atoms with Crippen LogP contribution in [0.25, 0.3) is 0 Å². The minimum absolute atomic E-state index is 0.0181. The van der Waals surface area contributed by atoms with E-state index in [1.54, 1.807) is 0 Å². The smallest absolute Gasteiger partial charge is 0.191 e. The highest BCUT2D eigenvalue weighted by Crippen LogP contribution is 2.29. The van der Waals surface area contributed by atoms with Crippen molar-refractivity contribution >= 4 is 5.96 Å². The van der Waals surface area contributed by atoms with Crippen molar-refractivity contribution in [2.24, 2.45) is 4.99 Å². The fourth-order valence-corrected chi connectivity index (χ4v) is 2.95. The molecule has 0 amide bonds. The van der Waals surface area contributed by atoms with E-state index in [-0.39, 0.29) is 6.10 Å². The number of nitrogens with zero attached hydrogens (tertiary/aromatic N) is 1. The first kappa shape index (κ1) is 18.6. The van der Waals surface area contributed by atoms with Gasteiger partial charge in [0, 0.05) is 6.54 Å². The second-order valence-electron chi connectivity index (χ2n) is 6.70. The SMILES string of the molecule is CCNC(=NCC1(O)CCCC1)NCC(C)Oc1ccccc1C. The Morgan fingerprint density at radius 1 is 1.29 bits per heavy atom. The number of para-hydroxylation sites is 1. The molecule has 2 rings (SSSR count). The van der Waals surface area contributed by atoms with Crippen LogP contribution in [0.4, 0.5) is 0 Å². The maximum atomic E-state index is 10.4. The molecule has 1 aromatic rings. The van der Waals surface area contributed by atoms with E-state index < -0.39 is 5.60 Å². The summed E-state index contributed by atoms with van der Waals surface area (Å²) in [6.45, 7) is 8.01. The third-order valence-electron chi connectivity index (χ3n) is 4.39. The first-order valence-corrected chi connectivity index (χ1v) is 8.99. The van der Waals surface area contributed by atoms with Gasteiger partial charge in [-0.15, -0.1) is 0 Å². The topological polar surface area (TPSA) is 65.9 Å². The summed E-state index contributed by atoms with van der Waals surface area (Å²) in [6.07, 6.45) is 3.91. The third-order valence-corrected chi connectivity index (χ3v) is 4.39. The van der Waals surface area contributed by atoms with Crippen LogP contribution in [0.3, 0.4) is 0 Å². The van der Waals surface area contributed by atoms with Gasteiger partial charge < -0.3 is 20.5 Å². The lowest BCUT2D eigenvalue weighted by Crippen LogP contribution is -2.43. The van der Waals surface area contributed by atoms with Gasteiger partial charge in [-0.05, 0) is 45.2 Å². The van der Waals surface area contributed by atoms with Gasteiger partial charge in [0.15, 0.2) is 5.96 Å². The molecule has 24 heavy (non-hydrogen) atoms. The minimum Gasteiger partial charge on any atom is -0.489 e. The summed E-state index contributed by atoms with van der Waals surface area (Å²) < 4.78 is 5.98. The molecule has 1 aliphatic carbocycles. The van der Waals surface area contributed by atoms with E-state index in [0.717, 1.165) is 49.5 Å². The van der Waals surface area contributed by atoms with E-state index in [1.165, 1.54) is 0 Å². The van der Waals surface area contributed by atoms with Crippen molar-refractivity contribution < 1.29 is 9.84 Å². The van der Waals surface area contributed by atoms with Crippen LogP contribution < -0.4 is 15.4 Å². The highest BCUT2D eigenvalue weighted by molar-refractivity contribution is 5.79. The standard InChI is InChI=1S/C19H31N3O2/c1-4-20-18(22-14-19(23)11-7-8-12-19)21-13-16(3)24-17-10-6-5-9-15(17)2/h5-6,9-10,16,23H,4,7-8,11-14H2,1-3H3,(H2,20,21,22). The lowest BCUT2D eigenvalue weighted by atomic mass is 10.0.